The van der Waals surface area contributed by atoms with E-state index in [1.54, 1.807) is 25.1 Å². The Bertz CT molecular complexity index is 580. The van der Waals surface area contributed by atoms with E-state index in [1.807, 2.05) is 24.3 Å². The largest absolute Gasteiger partial charge is 0.489 e. The molecule has 0 heterocycles. The van der Waals surface area contributed by atoms with Gasteiger partial charge >= 0.3 is 0 Å². The molecule has 0 aromatic heterocycles. The minimum absolute atomic E-state index is 0.272. The highest BCUT2D eigenvalue weighted by atomic mass is 35.5. The molecule has 1 atom stereocenters. The number of aryl methyl sites for hydroxylation is 1. The molecule has 0 aliphatic rings. The first-order valence-corrected chi connectivity index (χ1v) is 7.64. The summed E-state index contributed by atoms with van der Waals surface area (Å²) in [5.74, 6) is 0.784. The van der Waals surface area contributed by atoms with Crippen LogP contribution in [0.4, 0.5) is 0 Å². The molecule has 0 saturated heterocycles. The van der Waals surface area contributed by atoms with Gasteiger partial charge < -0.3 is 9.84 Å². The van der Waals surface area contributed by atoms with Gasteiger partial charge in [0, 0.05) is 15.6 Å². The lowest BCUT2D eigenvalue weighted by atomic mass is 10.1. The molecule has 2 aromatic carbocycles. The van der Waals surface area contributed by atoms with Crippen LogP contribution in [0.1, 0.15) is 24.5 Å². The third-order valence-electron chi connectivity index (χ3n) is 3.18. The summed E-state index contributed by atoms with van der Waals surface area (Å²) in [6.07, 6.45) is 1.35. The molecule has 2 aromatic rings. The molecule has 0 saturated carbocycles. The predicted molar refractivity (Wildman–Crippen MR) is 87.2 cm³/mol. The Morgan fingerprint density at radius 3 is 2.48 bits per heavy atom. The fourth-order valence-corrected chi connectivity index (χ4v) is 2.31. The Morgan fingerprint density at radius 2 is 1.81 bits per heavy atom. The van der Waals surface area contributed by atoms with Crippen molar-refractivity contribution >= 4 is 23.2 Å². The average Bonchev–Trinajstić information content (AvgIpc) is 2.47. The minimum Gasteiger partial charge on any atom is -0.489 e. The minimum atomic E-state index is -0.272. The molecular weight excluding hydrogens is 307 g/mol. The summed E-state index contributed by atoms with van der Waals surface area (Å²) in [4.78, 5) is 0. The van der Waals surface area contributed by atoms with Crippen molar-refractivity contribution in [2.75, 3.05) is 0 Å². The van der Waals surface area contributed by atoms with Crippen LogP contribution < -0.4 is 4.74 Å². The third-order valence-corrected chi connectivity index (χ3v) is 3.78. The summed E-state index contributed by atoms with van der Waals surface area (Å²) < 4.78 is 5.72. The van der Waals surface area contributed by atoms with Crippen molar-refractivity contribution < 1.29 is 9.84 Å². The second-order valence-corrected chi connectivity index (χ2v) is 5.90. The maximum Gasteiger partial charge on any atom is 0.119 e. The van der Waals surface area contributed by atoms with Crippen LogP contribution in [0.5, 0.6) is 5.75 Å². The first-order chi connectivity index (χ1) is 10.0. The van der Waals surface area contributed by atoms with Crippen molar-refractivity contribution in [3.63, 3.8) is 0 Å². The van der Waals surface area contributed by atoms with E-state index < -0.39 is 0 Å². The molecule has 0 aliphatic carbocycles. The van der Waals surface area contributed by atoms with Gasteiger partial charge in [0.1, 0.15) is 12.4 Å². The number of hydrogen-bond donors (Lipinski definition) is 1. The van der Waals surface area contributed by atoms with E-state index in [0.717, 1.165) is 24.2 Å². The molecule has 21 heavy (non-hydrogen) atoms. The molecule has 0 amide bonds. The SMILES string of the molecule is CC(O)CCc1ccc(OCc2cc(Cl)ccc2Cl)cc1. The number of hydrogen-bond acceptors (Lipinski definition) is 2. The highest BCUT2D eigenvalue weighted by Gasteiger charge is 2.03. The van der Waals surface area contributed by atoms with E-state index in [9.17, 15) is 5.11 Å². The van der Waals surface area contributed by atoms with Gasteiger partial charge in [0.25, 0.3) is 0 Å². The summed E-state index contributed by atoms with van der Waals surface area (Å²) in [5.41, 5.74) is 2.05. The van der Waals surface area contributed by atoms with Crippen LogP contribution in [0.25, 0.3) is 0 Å². The van der Waals surface area contributed by atoms with E-state index in [1.165, 1.54) is 5.56 Å². The molecule has 4 heteroatoms. The van der Waals surface area contributed by atoms with Gasteiger partial charge in [-0.1, -0.05) is 35.3 Å². The van der Waals surface area contributed by atoms with Crippen LogP contribution in [0, 0.1) is 0 Å². The van der Waals surface area contributed by atoms with E-state index in [0.29, 0.717) is 16.7 Å². The van der Waals surface area contributed by atoms with E-state index in [-0.39, 0.29) is 6.10 Å². The smallest absolute Gasteiger partial charge is 0.119 e. The molecule has 1 unspecified atom stereocenters. The van der Waals surface area contributed by atoms with Gasteiger partial charge in [0.2, 0.25) is 0 Å². The molecule has 0 aliphatic heterocycles. The van der Waals surface area contributed by atoms with Gasteiger partial charge in [0.15, 0.2) is 0 Å². The number of ether oxygens (including phenoxy) is 1. The molecule has 1 N–H and O–H groups in total. The van der Waals surface area contributed by atoms with Crippen molar-refractivity contribution in [3.8, 4) is 5.75 Å². The summed E-state index contributed by atoms with van der Waals surface area (Å²) in [5, 5.41) is 10.6. The maximum absolute atomic E-state index is 9.28. The lowest BCUT2D eigenvalue weighted by Gasteiger charge is -2.09. The fourth-order valence-electron chi connectivity index (χ4n) is 1.94. The molecule has 2 nitrogen and oxygen atoms in total. The summed E-state index contributed by atoms with van der Waals surface area (Å²) in [6, 6.07) is 13.2. The van der Waals surface area contributed by atoms with Crippen LogP contribution >= 0.6 is 23.2 Å². The van der Waals surface area contributed by atoms with Crippen LogP contribution in [-0.2, 0) is 13.0 Å². The monoisotopic (exact) mass is 324 g/mol. The number of halogens is 2. The molecule has 2 rings (SSSR count). The van der Waals surface area contributed by atoms with Crippen LogP contribution in [0.3, 0.4) is 0 Å². The maximum atomic E-state index is 9.28. The van der Waals surface area contributed by atoms with E-state index in [4.69, 9.17) is 27.9 Å². The average molecular weight is 325 g/mol. The highest BCUT2D eigenvalue weighted by molar-refractivity contribution is 6.33. The van der Waals surface area contributed by atoms with E-state index >= 15 is 0 Å². The van der Waals surface area contributed by atoms with Crippen molar-refractivity contribution in [3.05, 3.63) is 63.6 Å². The zero-order valence-corrected chi connectivity index (χ0v) is 13.4. The topological polar surface area (TPSA) is 29.5 Å². The first kappa shape index (κ1) is 16.2. The summed E-state index contributed by atoms with van der Waals surface area (Å²) in [6.45, 7) is 2.18. The van der Waals surface area contributed by atoms with Gasteiger partial charge in [0.05, 0.1) is 6.10 Å². The van der Waals surface area contributed by atoms with Crippen LogP contribution in [-0.4, -0.2) is 11.2 Å². The molecule has 0 spiro atoms. The second-order valence-electron chi connectivity index (χ2n) is 5.06. The van der Waals surface area contributed by atoms with Crippen molar-refractivity contribution in [2.24, 2.45) is 0 Å². The van der Waals surface area contributed by atoms with Gasteiger partial charge in [-0.2, -0.15) is 0 Å². The second kappa shape index (κ2) is 7.69. The van der Waals surface area contributed by atoms with Gasteiger partial charge in [-0.15, -0.1) is 0 Å². The van der Waals surface area contributed by atoms with Crippen LogP contribution in [0.2, 0.25) is 10.0 Å². The standard InChI is InChI=1S/C17H18Cl2O2/c1-12(20)2-3-13-4-7-16(8-5-13)21-11-14-10-15(18)6-9-17(14)19/h4-10,12,20H,2-3,11H2,1H3. The molecular formula is C17H18Cl2O2. The molecule has 0 fully saturated rings. The van der Waals surface area contributed by atoms with E-state index in [2.05, 4.69) is 0 Å². The predicted octanol–water partition coefficient (Wildman–Crippen LogP) is 4.89. The summed E-state index contributed by atoms with van der Waals surface area (Å²) in [7, 11) is 0. The van der Waals surface area contributed by atoms with Gasteiger partial charge in [-0.3, -0.25) is 0 Å². The Balaban J connectivity index is 1.93. The van der Waals surface area contributed by atoms with Crippen molar-refractivity contribution in [1.29, 1.82) is 0 Å². The zero-order chi connectivity index (χ0) is 15.2. The molecule has 0 radical (unpaired) electrons. The highest BCUT2D eigenvalue weighted by Crippen LogP contribution is 2.23. The lowest BCUT2D eigenvalue weighted by molar-refractivity contribution is 0.185. The summed E-state index contributed by atoms with van der Waals surface area (Å²) >= 11 is 12.0. The Hall–Kier alpha value is -1.22. The zero-order valence-electron chi connectivity index (χ0n) is 11.9. The van der Waals surface area contributed by atoms with Gasteiger partial charge in [-0.05, 0) is 55.7 Å². The number of rotatable bonds is 6. The first-order valence-electron chi connectivity index (χ1n) is 6.88. The Labute approximate surface area is 135 Å². The number of benzene rings is 2. The fraction of sp³-hybridized carbons (Fsp3) is 0.294. The van der Waals surface area contributed by atoms with Crippen molar-refractivity contribution in [1.82, 2.24) is 0 Å². The normalized spacial score (nSPS) is 12.2. The van der Waals surface area contributed by atoms with Crippen molar-refractivity contribution in [2.45, 2.75) is 32.5 Å². The molecule has 112 valence electrons. The molecule has 0 bridgehead atoms. The Morgan fingerprint density at radius 1 is 1.10 bits per heavy atom. The number of aliphatic hydroxyl groups excluding tert-OH is 1. The number of aliphatic hydroxyl groups is 1. The lowest BCUT2D eigenvalue weighted by Crippen LogP contribution is -2.01. The van der Waals surface area contributed by atoms with Crippen LogP contribution in [0.15, 0.2) is 42.5 Å². The quantitative estimate of drug-likeness (QED) is 0.820. The third kappa shape index (κ3) is 5.24. The van der Waals surface area contributed by atoms with Gasteiger partial charge in [-0.25, -0.2) is 0 Å². The Kier molecular flexibility index (Phi) is 5.92.